The normalized spacial score (nSPS) is 11.7. The topological polar surface area (TPSA) is 27.6 Å². The Kier molecular flexibility index (Phi) is 5.84. The third-order valence-corrected chi connectivity index (χ3v) is 3.65. The molecule has 0 unspecified atom stereocenters. The van der Waals surface area contributed by atoms with Gasteiger partial charge in [0.15, 0.2) is 0 Å². The first kappa shape index (κ1) is 17.8. The predicted molar refractivity (Wildman–Crippen MR) is 92.7 cm³/mol. The van der Waals surface area contributed by atoms with Gasteiger partial charge in [-0.15, -0.1) is 0 Å². The summed E-state index contributed by atoms with van der Waals surface area (Å²) in [4.78, 5) is 2.21. The van der Waals surface area contributed by atoms with Crippen molar-refractivity contribution in [3.63, 3.8) is 0 Å². The second kappa shape index (κ2) is 7.86. The lowest BCUT2D eigenvalue weighted by atomic mass is 10.2. The van der Waals surface area contributed by atoms with Crippen molar-refractivity contribution in [2.45, 2.75) is 20.0 Å². The van der Waals surface area contributed by atoms with Crippen LogP contribution >= 0.6 is 0 Å². The number of halogens is 3. The molecular weight excluding hydrogens is 315 g/mol. The van der Waals surface area contributed by atoms with Crippen molar-refractivity contribution in [3.05, 3.63) is 59.7 Å². The zero-order valence-electron chi connectivity index (χ0n) is 13.6. The second-order valence-electron chi connectivity index (χ2n) is 5.18. The maximum Gasteiger partial charge on any atom is 0.418 e. The van der Waals surface area contributed by atoms with Gasteiger partial charge >= 0.3 is 6.18 Å². The summed E-state index contributed by atoms with van der Waals surface area (Å²) in [6.45, 7) is 6.00. The van der Waals surface area contributed by atoms with Crippen molar-refractivity contribution in [2.24, 2.45) is 5.10 Å². The molecule has 0 aliphatic rings. The van der Waals surface area contributed by atoms with Gasteiger partial charge in [0.1, 0.15) is 0 Å². The monoisotopic (exact) mass is 335 g/mol. The van der Waals surface area contributed by atoms with Crippen molar-refractivity contribution in [1.29, 1.82) is 0 Å². The van der Waals surface area contributed by atoms with Crippen LogP contribution in [0.5, 0.6) is 0 Å². The Morgan fingerprint density at radius 1 is 1.00 bits per heavy atom. The minimum Gasteiger partial charge on any atom is -0.372 e. The summed E-state index contributed by atoms with van der Waals surface area (Å²) in [5.74, 6) is 0. The molecule has 0 aromatic heterocycles. The van der Waals surface area contributed by atoms with Crippen molar-refractivity contribution in [3.8, 4) is 0 Å². The summed E-state index contributed by atoms with van der Waals surface area (Å²) in [7, 11) is 0. The summed E-state index contributed by atoms with van der Waals surface area (Å²) in [6, 6.07) is 13.0. The Morgan fingerprint density at radius 2 is 1.62 bits per heavy atom. The maximum atomic E-state index is 12.9. The van der Waals surface area contributed by atoms with E-state index in [2.05, 4.69) is 29.3 Å². The molecule has 0 atom stereocenters. The standard InChI is InChI=1S/C18H20F3N3/c1-3-24(4-2)15-11-9-14(10-12-15)13-22-23-17-8-6-5-7-16(17)18(19,20)21/h5-13,23H,3-4H2,1-2H3/b22-13-. The molecule has 0 radical (unpaired) electrons. The first-order chi connectivity index (χ1) is 11.5. The number of nitrogens with zero attached hydrogens (tertiary/aromatic N) is 2. The number of para-hydroxylation sites is 1. The molecule has 0 aliphatic carbocycles. The van der Waals surface area contributed by atoms with Crippen LogP contribution in [0.4, 0.5) is 24.5 Å². The van der Waals surface area contributed by atoms with Gasteiger partial charge in [-0.05, 0) is 43.7 Å². The molecule has 2 aromatic rings. The van der Waals surface area contributed by atoms with Crippen molar-refractivity contribution in [1.82, 2.24) is 0 Å². The third-order valence-electron chi connectivity index (χ3n) is 3.65. The van der Waals surface area contributed by atoms with Crippen LogP contribution in [0.1, 0.15) is 25.0 Å². The fourth-order valence-corrected chi connectivity index (χ4v) is 2.36. The fraction of sp³-hybridized carbons (Fsp3) is 0.278. The molecule has 128 valence electrons. The zero-order chi connectivity index (χ0) is 17.6. The van der Waals surface area contributed by atoms with Gasteiger partial charge in [0.05, 0.1) is 17.5 Å². The number of rotatable bonds is 6. The fourth-order valence-electron chi connectivity index (χ4n) is 2.36. The van der Waals surface area contributed by atoms with Crippen LogP contribution in [0.15, 0.2) is 53.6 Å². The molecule has 3 nitrogen and oxygen atoms in total. The molecular formula is C18H20F3N3. The van der Waals surface area contributed by atoms with E-state index in [1.807, 2.05) is 24.3 Å². The van der Waals surface area contributed by atoms with Gasteiger partial charge in [-0.25, -0.2) is 0 Å². The molecule has 0 amide bonds. The van der Waals surface area contributed by atoms with Gasteiger partial charge in [0, 0.05) is 18.8 Å². The maximum absolute atomic E-state index is 12.9. The summed E-state index contributed by atoms with van der Waals surface area (Å²) in [5, 5.41) is 3.91. The van der Waals surface area contributed by atoms with E-state index in [-0.39, 0.29) is 5.69 Å². The lowest BCUT2D eigenvalue weighted by Gasteiger charge is -2.20. The second-order valence-corrected chi connectivity index (χ2v) is 5.18. The van der Waals surface area contributed by atoms with Crippen LogP contribution in [0.3, 0.4) is 0 Å². The highest BCUT2D eigenvalue weighted by Gasteiger charge is 2.33. The van der Waals surface area contributed by atoms with Gasteiger partial charge in [0.25, 0.3) is 0 Å². The van der Waals surface area contributed by atoms with E-state index >= 15 is 0 Å². The van der Waals surface area contributed by atoms with Gasteiger partial charge in [-0.2, -0.15) is 18.3 Å². The van der Waals surface area contributed by atoms with E-state index in [0.717, 1.165) is 30.4 Å². The highest BCUT2D eigenvalue weighted by atomic mass is 19.4. The molecule has 0 saturated heterocycles. The first-order valence-corrected chi connectivity index (χ1v) is 7.76. The Bertz CT molecular complexity index is 675. The highest BCUT2D eigenvalue weighted by molar-refractivity contribution is 5.81. The van der Waals surface area contributed by atoms with Gasteiger partial charge in [0.2, 0.25) is 0 Å². The SMILES string of the molecule is CCN(CC)c1ccc(/C=N\Nc2ccccc2C(F)(F)F)cc1. The minimum absolute atomic E-state index is 0.0685. The van der Waals surface area contributed by atoms with Gasteiger partial charge in [-0.1, -0.05) is 24.3 Å². The van der Waals surface area contributed by atoms with Crippen molar-refractivity contribution >= 4 is 17.6 Å². The largest absolute Gasteiger partial charge is 0.418 e. The van der Waals surface area contributed by atoms with E-state index in [4.69, 9.17) is 0 Å². The number of hydrogen-bond acceptors (Lipinski definition) is 3. The summed E-state index contributed by atoms with van der Waals surface area (Å²) in [6.07, 6.45) is -2.91. The van der Waals surface area contributed by atoms with Crippen molar-refractivity contribution in [2.75, 3.05) is 23.4 Å². The molecule has 0 heterocycles. The molecule has 0 aliphatic heterocycles. The van der Waals surface area contributed by atoms with E-state index in [1.54, 1.807) is 0 Å². The van der Waals surface area contributed by atoms with Gasteiger partial charge < -0.3 is 4.90 Å². The smallest absolute Gasteiger partial charge is 0.372 e. The van der Waals surface area contributed by atoms with E-state index in [9.17, 15) is 13.2 Å². The van der Waals surface area contributed by atoms with E-state index in [0.29, 0.717) is 0 Å². The molecule has 0 saturated carbocycles. The molecule has 1 N–H and O–H groups in total. The number of benzene rings is 2. The highest BCUT2D eigenvalue weighted by Crippen LogP contribution is 2.34. The molecule has 2 rings (SSSR count). The van der Waals surface area contributed by atoms with E-state index < -0.39 is 11.7 Å². The average molecular weight is 335 g/mol. The number of hydrogen-bond donors (Lipinski definition) is 1. The summed E-state index contributed by atoms with van der Waals surface area (Å²) in [5.41, 5.74) is 3.57. The van der Waals surface area contributed by atoms with Crippen LogP contribution in [-0.4, -0.2) is 19.3 Å². The molecule has 6 heteroatoms. The zero-order valence-corrected chi connectivity index (χ0v) is 13.6. The Balaban J connectivity index is 2.08. The molecule has 0 bridgehead atoms. The molecule has 24 heavy (non-hydrogen) atoms. The summed E-state index contributed by atoms with van der Waals surface area (Å²) >= 11 is 0. The average Bonchev–Trinajstić information content (AvgIpc) is 2.57. The summed E-state index contributed by atoms with van der Waals surface area (Å²) < 4.78 is 38.7. The third kappa shape index (κ3) is 4.50. The van der Waals surface area contributed by atoms with Crippen LogP contribution in [0.25, 0.3) is 0 Å². The van der Waals surface area contributed by atoms with Crippen LogP contribution in [0.2, 0.25) is 0 Å². The Morgan fingerprint density at radius 3 is 2.21 bits per heavy atom. The van der Waals surface area contributed by atoms with Crippen LogP contribution in [0, 0.1) is 0 Å². The predicted octanol–water partition coefficient (Wildman–Crippen LogP) is 5.00. The number of hydrazone groups is 1. The van der Waals surface area contributed by atoms with Crippen molar-refractivity contribution < 1.29 is 13.2 Å². The number of alkyl halides is 3. The van der Waals surface area contributed by atoms with Gasteiger partial charge in [-0.3, -0.25) is 5.43 Å². The molecule has 2 aromatic carbocycles. The lowest BCUT2D eigenvalue weighted by Crippen LogP contribution is -2.21. The van der Waals surface area contributed by atoms with Crippen LogP contribution in [-0.2, 0) is 6.18 Å². The molecule has 0 fully saturated rings. The number of nitrogens with one attached hydrogen (secondary N) is 1. The molecule has 0 spiro atoms. The van der Waals surface area contributed by atoms with E-state index in [1.165, 1.54) is 24.4 Å². The Labute approximate surface area is 139 Å². The minimum atomic E-state index is -4.41. The lowest BCUT2D eigenvalue weighted by molar-refractivity contribution is -0.136. The number of anilines is 2. The quantitative estimate of drug-likeness (QED) is 0.594. The Hall–Kier alpha value is -2.50. The van der Waals surface area contributed by atoms with Crippen LogP contribution < -0.4 is 10.3 Å². The first-order valence-electron chi connectivity index (χ1n) is 7.76.